The molecule has 0 aliphatic heterocycles. The summed E-state index contributed by atoms with van der Waals surface area (Å²) in [6.07, 6.45) is 7.41. The Balaban J connectivity index is 2.02. The van der Waals surface area contributed by atoms with Crippen LogP contribution in [0, 0.1) is 0 Å². The van der Waals surface area contributed by atoms with Gasteiger partial charge in [0.05, 0.1) is 24.8 Å². The molecule has 28 heavy (non-hydrogen) atoms. The first-order valence-electron chi connectivity index (χ1n) is 8.37. The number of rotatable bonds is 5. The zero-order valence-corrected chi connectivity index (χ0v) is 17.5. The summed E-state index contributed by atoms with van der Waals surface area (Å²) in [6.45, 7) is 0. The molecule has 0 saturated carbocycles. The summed E-state index contributed by atoms with van der Waals surface area (Å²) < 4.78 is 9.12. The molecule has 0 amide bonds. The van der Waals surface area contributed by atoms with Crippen LogP contribution < -0.4 is 4.74 Å². The Morgan fingerprint density at radius 1 is 1.04 bits per heavy atom. The second-order valence-corrected chi connectivity index (χ2v) is 7.61. The van der Waals surface area contributed by atoms with Crippen LogP contribution in [-0.4, -0.2) is 32.7 Å². The molecule has 4 aromatic rings. The molecule has 2 aromatic carbocycles. The van der Waals surface area contributed by atoms with Gasteiger partial charge in [-0.2, -0.15) is 5.10 Å². The van der Waals surface area contributed by atoms with E-state index in [1.54, 1.807) is 37.5 Å². The number of benzene rings is 2. The van der Waals surface area contributed by atoms with Crippen molar-refractivity contribution in [2.45, 2.75) is 5.03 Å². The molecular weight excluding hydrogens is 415 g/mol. The second kappa shape index (κ2) is 7.91. The van der Waals surface area contributed by atoms with Crippen molar-refractivity contribution in [3.8, 4) is 28.4 Å². The fraction of sp³-hybridized carbons (Fsp3) is 0.100. The quantitative estimate of drug-likeness (QED) is 0.377. The van der Waals surface area contributed by atoms with Crippen LogP contribution in [0.5, 0.6) is 5.75 Å². The summed E-state index contributed by atoms with van der Waals surface area (Å²) in [7, 11) is 1.65. The molecule has 4 rings (SSSR count). The van der Waals surface area contributed by atoms with Gasteiger partial charge < -0.3 is 9.30 Å². The molecule has 2 heterocycles. The van der Waals surface area contributed by atoms with Gasteiger partial charge >= 0.3 is 0 Å². The highest BCUT2D eigenvalue weighted by Gasteiger charge is 2.22. The predicted octanol–water partition coefficient (Wildman–Crippen LogP) is 5.76. The molecule has 0 aliphatic rings. The standard InChI is InChI=1S/C20H16Cl2N4OS/c1-27-17-5-3-13(4-6-17)18-19(25-8-7-23-12-25)20(28-2)24-26(18)16-10-14(21)9-15(22)11-16/h3-12H,1-2H3. The lowest BCUT2D eigenvalue weighted by atomic mass is 10.1. The van der Waals surface area contributed by atoms with Gasteiger partial charge in [-0.3, -0.25) is 0 Å². The predicted molar refractivity (Wildman–Crippen MR) is 114 cm³/mol. The molecule has 0 spiro atoms. The Hall–Kier alpha value is -2.41. The number of aromatic nitrogens is 4. The first kappa shape index (κ1) is 18.9. The van der Waals surface area contributed by atoms with Crippen molar-refractivity contribution in [2.24, 2.45) is 0 Å². The van der Waals surface area contributed by atoms with Gasteiger partial charge in [0.15, 0.2) is 0 Å². The van der Waals surface area contributed by atoms with Gasteiger partial charge in [0, 0.05) is 28.0 Å². The van der Waals surface area contributed by atoms with Crippen LogP contribution in [0.15, 0.2) is 66.2 Å². The number of hydrogen-bond acceptors (Lipinski definition) is 4. The number of ether oxygens (including phenoxy) is 1. The maximum Gasteiger partial charge on any atom is 0.143 e. The van der Waals surface area contributed by atoms with E-state index < -0.39 is 0 Å². The number of thioether (sulfide) groups is 1. The Morgan fingerprint density at radius 2 is 1.75 bits per heavy atom. The van der Waals surface area contributed by atoms with Gasteiger partial charge in [0.2, 0.25) is 0 Å². The third-order valence-electron chi connectivity index (χ3n) is 4.24. The van der Waals surface area contributed by atoms with Crippen LogP contribution in [-0.2, 0) is 0 Å². The van der Waals surface area contributed by atoms with E-state index in [0.717, 1.165) is 33.4 Å². The zero-order valence-electron chi connectivity index (χ0n) is 15.1. The highest BCUT2D eigenvalue weighted by Crippen LogP contribution is 2.37. The maximum absolute atomic E-state index is 6.26. The Morgan fingerprint density at radius 3 is 2.32 bits per heavy atom. The molecule has 0 aliphatic carbocycles. The number of halogens is 2. The third kappa shape index (κ3) is 3.51. The summed E-state index contributed by atoms with van der Waals surface area (Å²) in [6, 6.07) is 13.2. The van der Waals surface area contributed by atoms with E-state index in [1.807, 2.05) is 58.1 Å². The van der Waals surface area contributed by atoms with Crippen molar-refractivity contribution in [3.63, 3.8) is 0 Å². The highest BCUT2D eigenvalue weighted by atomic mass is 35.5. The molecular formula is C20H16Cl2N4OS. The number of hydrogen-bond donors (Lipinski definition) is 0. The van der Waals surface area contributed by atoms with Crippen molar-refractivity contribution >= 4 is 35.0 Å². The van der Waals surface area contributed by atoms with Crippen molar-refractivity contribution in [1.82, 2.24) is 19.3 Å². The average Bonchev–Trinajstić information content (AvgIpc) is 3.34. The molecule has 142 valence electrons. The van der Waals surface area contributed by atoms with E-state index in [0.29, 0.717) is 10.0 Å². The highest BCUT2D eigenvalue weighted by molar-refractivity contribution is 7.98. The lowest BCUT2D eigenvalue weighted by molar-refractivity contribution is 0.415. The van der Waals surface area contributed by atoms with Crippen molar-refractivity contribution in [3.05, 3.63) is 71.2 Å². The van der Waals surface area contributed by atoms with Gasteiger partial charge in [0.1, 0.15) is 16.5 Å². The van der Waals surface area contributed by atoms with Crippen LogP contribution in [0.25, 0.3) is 22.6 Å². The number of nitrogens with zero attached hydrogens (tertiary/aromatic N) is 4. The SMILES string of the molecule is COc1ccc(-c2c(-n3ccnc3)c(SC)nn2-c2cc(Cl)cc(Cl)c2)cc1. The topological polar surface area (TPSA) is 44.9 Å². The summed E-state index contributed by atoms with van der Waals surface area (Å²) in [4.78, 5) is 4.20. The molecule has 0 saturated heterocycles. The van der Waals surface area contributed by atoms with E-state index in [2.05, 4.69) is 4.98 Å². The zero-order chi connectivity index (χ0) is 19.7. The first-order chi connectivity index (χ1) is 13.6. The average molecular weight is 431 g/mol. The molecule has 5 nitrogen and oxygen atoms in total. The van der Waals surface area contributed by atoms with E-state index in [1.165, 1.54) is 0 Å². The minimum absolute atomic E-state index is 0.550. The van der Waals surface area contributed by atoms with Crippen molar-refractivity contribution in [1.29, 1.82) is 0 Å². The van der Waals surface area contributed by atoms with E-state index in [-0.39, 0.29) is 0 Å². The van der Waals surface area contributed by atoms with E-state index in [9.17, 15) is 0 Å². The molecule has 8 heteroatoms. The van der Waals surface area contributed by atoms with Crippen molar-refractivity contribution in [2.75, 3.05) is 13.4 Å². The van der Waals surface area contributed by atoms with Gasteiger partial charge in [-0.15, -0.1) is 11.8 Å². The van der Waals surface area contributed by atoms with Gasteiger partial charge in [-0.1, -0.05) is 23.2 Å². The molecule has 0 unspecified atom stereocenters. The van der Waals surface area contributed by atoms with Crippen LogP contribution >= 0.6 is 35.0 Å². The van der Waals surface area contributed by atoms with Crippen LogP contribution in [0.4, 0.5) is 0 Å². The Bertz CT molecular complexity index is 1090. The van der Waals surface area contributed by atoms with Crippen molar-refractivity contribution < 1.29 is 4.74 Å². The fourth-order valence-corrected chi connectivity index (χ4v) is 4.08. The minimum Gasteiger partial charge on any atom is -0.497 e. The Labute approximate surface area is 176 Å². The summed E-state index contributed by atoms with van der Waals surface area (Å²) >= 11 is 14.1. The normalized spacial score (nSPS) is 11.0. The van der Waals surface area contributed by atoms with Gasteiger partial charge in [-0.05, 0) is 48.7 Å². The summed E-state index contributed by atoms with van der Waals surface area (Å²) in [5.41, 5.74) is 3.60. The van der Waals surface area contributed by atoms with Gasteiger partial charge in [0.25, 0.3) is 0 Å². The summed E-state index contributed by atoms with van der Waals surface area (Å²) in [5, 5.41) is 6.80. The molecule has 0 bridgehead atoms. The molecule has 0 atom stereocenters. The van der Waals surface area contributed by atoms with E-state index in [4.69, 9.17) is 33.0 Å². The van der Waals surface area contributed by atoms with Crippen LogP contribution in [0.1, 0.15) is 0 Å². The lowest BCUT2D eigenvalue weighted by Gasteiger charge is -2.12. The first-order valence-corrected chi connectivity index (χ1v) is 10.3. The van der Waals surface area contributed by atoms with Gasteiger partial charge in [-0.25, -0.2) is 9.67 Å². The monoisotopic (exact) mass is 430 g/mol. The molecule has 0 N–H and O–H groups in total. The summed E-state index contributed by atoms with van der Waals surface area (Å²) in [5.74, 6) is 0.787. The Kier molecular flexibility index (Phi) is 5.35. The molecule has 0 radical (unpaired) electrons. The smallest absolute Gasteiger partial charge is 0.143 e. The maximum atomic E-state index is 6.26. The fourth-order valence-electron chi connectivity index (χ4n) is 3.01. The van der Waals surface area contributed by atoms with Crippen LogP contribution in [0.2, 0.25) is 10.0 Å². The number of methoxy groups -OCH3 is 1. The third-order valence-corrected chi connectivity index (χ3v) is 5.34. The number of imidazole rings is 1. The largest absolute Gasteiger partial charge is 0.497 e. The molecule has 2 aromatic heterocycles. The minimum atomic E-state index is 0.550. The molecule has 0 fully saturated rings. The second-order valence-electron chi connectivity index (χ2n) is 5.94. The lowest BCUT2D eigenvalue weighted by Crippen LogP contribution is -2.01. The van der Waals surface area contributed by atoms with E-state index >= 15 is 0 Å². The van der Waals surface area contributed by atoms with Crippen LogP contribution in [0.3, 0.4) is 0 Å².